The van der Waals surface area contributed by atoms with Crippen LogP contribution >= 0.6 is 0 Å². The van der Waals surface area contributed by atoms with E-state index in [2.05, 4.69) is 10.1 Å². The van der Waals surface area contributed by atoms with Crippen molar-refractivity contribution in [2.24, 2.45) is 5.41 Å². The predicted octanol–water partition coefficient (Wildman–Crippen LogP) is 1.51. The van der Waals surface area contributed by atoms with Gasteiger partial charge in [-0.1, -0.05) is 6.07 Å². The van der Waals surface area contributed by atoms with Gasteiger partial charge < -0.3 is 14.6 Å². The summed E-state index contributed by atoms with van der Waals surface area (Å²) in [6.45, 7) is 3.24. The lowest BCUT2D eigenvalue weighted by Crippen LogP contribution is -2.71. The molecule has 0 saturated carbocycles. The number of rotatable bonds is 3. The van der Waals surface area contributed by atoms with Gasteiger partial charge in [0.05, 0.1) is 24.5 Å². The summed E-state index contributed by atoms with van der Waals surface area (Å²) in [6.07, 6.45) is -4.74. The number of halogens is 3. The van der Waals surface area contributed by atoms with Crippen LogP contribution < -0.4 is 10.1 Å². The molecule has 1 atom stereocenters. The molecular weight excluding hydrogens is 293 g/mol. The van der Waals surface area contributed by atoms with Gasteiger partial charge in [-0.15, -0.1) is 17.5 Å². The normalized spacial score (nSPS) is 23.0. The third-order valence-electron chi connectivity index (χ3n) is 3.50. The Labute approximate surface area is 117 Å². The van der Waals surface area contributed by atoms with Crippen LogP contribution in [0.3, 0.4) is 0 Å². The summed E-state index contributed by atoms with van der Waals surface area (Å²) in [5.41, 5.74) is 0.218. The average Bonchev–Trinajstić information content (AvgIpc) is 2.23. The molecule has 0 bridgehead atoms. The quantitative estimate of drug-likeness (QED) is 0.860. The largest absolute Gasteiger partial charge is 0.593 e. The maximum absolute atomic E-state index is 12.3. The van der Waals surface area contributed by atoms with E-state index in [9.17, 15) is 17.7 Å². The van der Waals surface area contributed by atoms with Gasteiger partial charge in [-0.3, -0.25) is 0 Å². The molecule has 2 aliphatic rings. The van der Waals surface area contributed by atoms with E-state index in [0.717, 1.165) is 13.1 Å². The lowest BCUT2D eigenvalue weighted by atomic mass is 9.76. The highest BCUT2D eigenvalue weighted by atomic mass is 32.2. The van der Waals surface area contributed by atoms with Crippen LogP contribution in [0.4, 0.5) is 13.2 Å². The highest BCUT2D eigenvalue weighted by molar-refractivity contribution is 7.89. The molecule has 2 saturated heterocycles. The van der Waals surface area contributed by atoms with Gasteiger partial charge >= 0.3 is 6.36 Å². The van der Waals surface area contributed by atoms with E-state index >= 15 is 0 Å². The van der Waals surface area contributed by atoms with Gasteiger partial charge in [-0.25, -0.2) is 0 Å². The number of benzene rings is 1. The molecule has 110 valence electrons. The van der Waals surface area contributed by atoms with Gasteiger partial charge in [0.2, 0.25) is 0 Å². The maximum Gasteiger partial charge on any atom is 0.573 e. The number of hydrogen-bond acceptors (Lipinski definition) is 4. The van der Waals surface area contributed by atoms with Crippen molar-refractivity contribution in [1.82, 2.24) is 9.62 Å². The first kappa shape index (κ1) is 14.0. The SMILES string of the molecule is [O-][S+](c1cccc(OC(F)(F)F)c1)N1CC2(CNC2)C1. The van der Waals surface area contributed by atoms with Crippen LogP contribution in [0.1, 0.15) is 0 Å². The molecule has 1 unspecified atom stereocenters. The summed E-state index contributed by atoms with van der Waals surface area (Å²) in [7, 11) is 0. The first-order chi connectivity index (χ1) is 9.37. The van der Waals surface area contributed by atoms with Gasteiger partial charge in [0.1, 0.15) is 5.75 Å². The molecule has 2 heterocycles. The summed E-state index contributed by atoms with van der Waals surface area (Å²) in [6, 6.07) is 5.33. The molecule has 1 spiro atoms. The predicted molar refractivity (Wildman–Crippen MR) is 66.4 cm³/mol. The van der Waals surface area contributed by atoms with Crippen molar-refractivity contribution >= 4 is 11.4 Å². The van der Waals surface area contributed by atoms with E-state index in [-0.39, 0.29) is 11.2 Å². The zero-order valence-corrected chi connectivity index (χ0v) is 11.3. The summed E-state index contributed by atoms with van der Waals surface area (Å²) in [5, 5.41) is 3.17. The molecule has 4 nitrogen and oxygen atoms in total. The number of ether oxygens (including phenoxy) is 1. The molecule has 3 rings (SSSR count). The second-order valence-electron chi connectivity index (χ2n) is 5.17. The molecule has 8 heteroatoms. The summed E-state index contributed by atoms with van der Waals surface area (Å²) in [4.78, 5) is 0.328. The van der Waals surface area contributed by atoms with Crippen molar-refractivity contribution in [2.75, 3.05) is 26.2 Å². The Balaban J connectivity index is 1.66. The molecule has 0 aromatic heterocycles. The fourth-order valence-corrected chi connectivity index (χ4v) is 3.94. The Morgan fingerprint density at radius 1 is 1.30 bits per heavy atom. The monoisotopic (exact) mass is 306 g/mol. The molecule has 1 aromatic rings. The number of nitrogens with one attached hydrogen (secondary N) is 1. The summed E-state index contributed by atoms with van der Waals surface area (Å²) >= 11 is -1.44. The van der Waals surface area contributed by atoms with Gasteiger partial charge in [-0.2, -0.15) is 0 Å². The van der Waals surface area contributed by atoms with Crippen molar-refractivity contribution in [3.8, 4) is 5.75 Å². The highest BCUT2D eigenvalue weighted by Gasteiger charge is 2.52. The molecule has 0 radical (unpaired) electrons. The average molecular weight is 306 g/mol. The molecular formula is C12H13F3N2O2S. The van der Waals surface area contributed by atoms with Crippen molar-refractivity contribution in [1.29, 1.82) is 0 Å². The van der Waals surface area contributed by atoms with Gasteiger partial charge in [0, 0.05) is 24.6 Å². The van der Waals surface area contributed by atoms with E-state index < -0.39 is 17.7 Å². The highest BCUT2D eigenvalue weighted by Crippen LogP contribution is 2.38. The number of alkyl halides is 3. The van der Waals surface area contributed by atoms with Crippen LogP contribution in [0.25, 0.3) is 0 Å². The van der Waals surface area contributed by atoms with Gasteiger partial charge in [-0.05, 0) is 12.1 Å². The lowest BCUT2D eigenvalue weighted by Gasteiger charge is -2.54. The first-order valence-corrected chi connectivity index (χ1v) is 7.21. The third kappa shape index (κ3) is 2.73. The molecule has 0 aliphatic carbocycles. The first-order valence-electron chi connectivity index (χ1n) is 6.10. The fourth-order valence-electron chi connectivity index (χ4n) is 2.45. The standard InChI is InChI=1S/C12H13F3N2O2S/c13-12(14,15)19-9-2-1-3-10(4-9)20(18)17-7-11(8-17)5-16-6-11/h1-4,16H,5-8H2. The molecule has 2 fully saturated rings. The minimum Gasteiger partial charge on any atom is -0.593 e. The van der Waals surface area contributed by atoms with Crippen LogP contribution in [0.2, 0.25) is 0 Å². The molecule has 20 heavy (non-hydrogen) atoms. The van der Waals surface area contributed by atoms with Gasteiger partial charge in [0.15, 0.2) is 4.90 Å². The zero-order valence-electron chi connectivity index (χ0n) is 10.4. The second kappa shape index (κ2) is 4.80. The Kier molecular flexibility index (Phi) is 3.36. The Morgan fingerprint density at radius 3 is 2.55 bits per heavy atom. The Morgan fingerprint density at radius 2 is 2.00 bits per heavy atom. The van der Waals surface area contributed by atoms with E-state index in [1.54, 1.807) is 10.4 Å². The van der Waals surface area contributed by atoms with Crippen LogP contribution in [0.15, 0.2) is 29.2 Å². The van der Waals surface area contributed by atoms with Crippen LogP contribution in [-0.4, -0.2) is 41.4 Å². The van der Waals surface area contributed by atoms with E-state index in [4.69, 9.17) is 0 Å². The van der Waals surface area contributed by atoms with Crippen molar-refractivity contribution in [3.63, 3.8) is 0 Å². The van der Waals surface area contributed by atoms with Crippen molar-refractivity contribution < 1.29 is 22.5 Å². The van der Waals surface area contributed by atoms with Crippen molar-refractivity contribution in [2.45, 2.75) is 11.3 Å². The number of nitrogens with zero attached hydrogens (tertiary/aromatic N) is 1. The van der Waals surface area contributed by atoms with E-state index in [0.29, 0.717) is 18.0 Å². The zero-order chi connectivity index (χ0) is 14.4. The van der Waals surface area contributed by atoms with Crippen LogP contribution in [0.5, 0.6) is 5.75 Å². The lowest BCUT2D eigenvalue weighted by molar-refractivity contribution is -0.274. The molecule has 1 aromatic carbocycles. The fraction of sp³-hybridized carbons (Fsp3) is 0.500. The summed E-state index contributed by atoms with van der Waals surface area (Å²) < 4.78 is 54.3. The van der Waals surface area contributed by atoms with Crippen molar-refractivity contribution in [3.05, 3.63) is 24.3 Å². The molecule has 0 amide bonds. The smallest absolute Gasteiger partial charge is 0.573 e. The van der Waals surface area contributed by atoms with Crippen LogP contribution in [-0.2, 0) is 11.4 Å². The Hall–Kier alpha value is -0.960. The molecule has 1 N–H and O–H groups in total. The number of hydrogen-bond donors (Lipinski definition) is 1. The van der Waals surface area contributed by atoms with E-state index in [1.807, 2.05) is 0 Å². The third-order valence-corrected chi connectivity index (χ3v) is 4.88. The summed E-state index contributed by atoms with van der Waals surface area (Å²) in [5.74, 6) is -0.344. The minimum absolute atomic E-state index is 0.218. The second-order valence-corrected chi connectivity index (χ2v) is 6.66. The minimum atomic E-state index is -4.74. The van der Waals surface area contributed by atoms with E-state index in [1.165, 1.54) is 18.2 Å². The van der Waals surface area contributed by atoms with Crippen LogP contribution in [0, 0.1) is 5.41 Å². The molecule has 2 aliphatic heterocycles. The maximum atomic E-state index is 12.3. The Bertz CT molecular complexity index is 500. The van der Waals surface area contributed by atoms with Gasteiger partial charge in [0.25, 0.3) is 0 Å². The topological polar surface area (TPSA) is 47.6 Å².